The quantitative estimate of drug-likeness (QED) is 0.771. The van der Waals surface area contributed by atoms with Gasteiger partial charge in [-0.1, -0.05) is 6.92 Å². The van der Waals surface area contributed by atoms with E-state index in [1.165, 1.54) is 0 Å². The van der Waals surface area contributed by atoms with E-state index in [4.69, 9.17) is 5.11 Å². The highest BCUT2D eigenvalue weighted by Gasteiger charge is 2.28. The number of sulfone groups is 1. The number of nitrogens with zero attached hydrogens (tertiary/aromatic N) is 1. The Morgan fingerprint density at radius 2 is 2.19 bits per heavy atom. The zero-order valence-electron chi connectivity index (χ0n) is 9.72. The maximum atomic E-state index is 11.4. The number of aliphatic carboxylic acids is 1. The van der Waals surface area contributed by atoms with Crippen LogP contribution in [0.1, 0.15) is 19.8 Å². The molecule has 1 aliphatic rings. The minimum absolute atomic E-state index is 0.0273. The summed E-state index contributed by atoms with van der Waals surface area (Å²) < 4.78 is 22.9. The minimum atomic E-state index is -2.92. The Kier molecular flexibility index (Phi) is 4.32. The van der Waals surface area contributed by atoms with Crippen LogP contribution in [0.25, 0.3) is 0 Å². The fraction of sp³-hybridized carbons (Fsp3) is 0.900. The highest BCUT2D eigenvalue weighted by molar-refractivity contribution is 7.91. The third kappa shape index (κ3) is 3.75. The molecule has 1 aliphatic heterocycles. The van der Waals surface area contributed by atoms with Crippen LogP contribution in [0, 0.1) is 5.92 Å². The van der Waals surface area contributed by atoms with E-state index < -0.39 is 21.7 Å². The maximum Gasteiger partial charge on any atom is 0.307 e. The van der Waals surface area contributed by atoms with Crippen LogP contribution in [0.4, 0.5) is 0 Å². The van der Waals surface area contributed by atoms with Crippen molar-refractivity contribution in [3.63, 3.8) is 0 Å². The largest absolute Gasteiger partial charge is 0.481 e. The topological polar surface area (TPSA) is 74.7 Å². The molecule has 0 aromatic heterocycles. The molecule has 1 N–H and O–H groups in total. The lowest BCUT2D eigenvalue weighted by atomic mass is 10.1. The fourth-order valence-electron chi connectivity index (χ4n) is 2.01. The molecule has 0 saturated carbocycles. The van der Waals surface area contributed by atoms with Gasteiger partial charge in [-0.25, -0.2) is 8.42 Å². The SMILES string of the molecule is CC(CN(C)C1CCCS(=O)(=O)C1)C(=O)O. The van der Waals surface area contributed by atoms with Gasteiger partial charge < -0.3 is 10.0 Å². The van der Waals surface area contributed by atoms with Gasteiger partial charge in [-0.3, -0.25) is 4.79 Å². The number of carboxylic acids is 1. The summed E-state index contributed by atoms with van der Waals surface area (Å²) in [5, 5.41) is 8.79. The van der Waals surface area contributed by atoms with Crippen molar-refractivity contribution in [3.8, 4) is 0 Å². The molecule has 1 saturated heterocycles. The molecule has 0 aliphatic carbocycles. The Balaban J connectivity index is 2.54. The highest BCUT2D eigenvalue weighted by Crippen LogP contribution is 2.17. The third-order valence-electron chi connectivity index (χ3n) is 3.05. The van der Waals surface area contributed by atoms with E-state index >= 15 is 0 Å². The van der Waals surface area contributed by atoms with Crippen molar-refractivity contribution < 1.29 is 18.3 Å². The number of rotatable bonds is 4. The van der Waals surface area contributed by atoms with Crippen LogP contribution < -0.4 is 0 Å². The molecule has 5 nitrogen and oxygen atoms in total. The Hall–Kier alpha value is -0.620. The van der Waals surface area contributed by atoms with Gasteiger partial charge in [0.15, 0.2) is 9.84 Å². The first kappa shape index (κ1) is 13.4. The molecule has 1 heterocycles. The van der Waals surface area contributed by atoms with Crippen molar-refractivity contribution >= 4 is 15.8 Å². The standard InChI is InChI=1S/C10H19NO4S/c1-8(10(12)13)6-11(2)9-4-3-5-16(14,15)7-9/h8-9H,3-7H2,1-2H3,(H,12,13). The van der Waals surface area contributed by atoms with Gasteiger partial charge in [0.25, 0.3) is 0 Å². The summed E-state index contributed by atoms with van der Waals surface area (Å²) in [5.74, 6) is -0.873. The van der Waals surface area contributed by atoms with Gasteiger partial charge in [-0.15, -0.1) is 0 Å². The van der Waals surface area contributed by atoms with Crippen LogP contribution in [0.3, 0.4) is 0 Å². The average Bonchev–Trinajstić information content (AvgIpc) is 2.15. The fourth-order valence-corrected chi connectivity index (χ4v) is 3.79. The Labute approximate surface area is 96.4 Å². The van der Waals surface area contributed by atoms with Gasteiger partial charge in [0.2, 0.25) is 0 Å². The van der Waals surface area contributed by atoms with Gasteiger partial charge >= 0.3 is 5.97 Å². The van der Waals surface area contributed by atoms with Crippen molar-refractivity contribution in [2.45, 2.75) is 25.8 Å². The van der Waals surface area contributed by atoms with Crippen LogP contribution in [-0.4, -0.2) is 55.5 Å². The first-order valence-corrected chi connectivity index (χ1v) is 7.27. The molecule has 0 amide bonds. The van der Waals surface area contributed by atoms with E-state index in [1.54, 1.807) is 14.0 Å². The zero-order chi connectivity index (χ0) is 12.3. The molecule has 2 unspecified atom stereocenters. The molecular weight excluding hydrogens is 230 g/mol. The molecule has 1 rings (SSSR count). The molecule has 0 radical (unpaired) electrons. The summed E-state index contributed by atoms with van der Waals surface area (Å²) in [6.07, 6.45) is 1.51. The summed E-state index contributed by atoms with van der Waals surface area (Å²) in [6, 6.07) is -0.0273. The Bertz CT molecular complexity index is 352. The van der Waals surface area contributed by atoms with Gasteiger partial charge in [-0.05, 0) is 19.9 Å². The molecule has 1 fully saturated rings. The second-order valence-electron chi connectivity index (χ2n) is 4.59. The Morgan fingerprint density at radius 3 is 2.69 bits per heavy atom. The van der Waals surface area contributed by atoms with Crippen LogP contribution in [-0.2, 0) is 14.6 Å². The summed E-state index contributed by atoms with van der Waals surface area (Å²) in [7, 11) is -1.13. The van der Waals surface area contributed by atoms with Gasteiger partial charge in [0.05, 0.1) is 17.4 Å². The summed E-state index contributed by atoms with van der Waals surface area (Å²) in [4.78, 5) is 12.6. The van der Waals surface area contributed by atoms with E-state index in [1.807, 2.05) is 4.90 Å². The number of hydrogen-bond donors (Lipinski definition) is 1. The van der Waals surface area contributed by atoms with Crippen molar-refractivity contribution in [1.82, 2.24) is 4.90 Å². The molecule has 6 heteroatoms. The monoisotopic (exact) mass is 249 g/mol. The summed E-state index contributed by atoms with van der Waals surface area (Å²) in [5.41, 5.74) is 0. The van der Waals surface area contributed by atoms with Crippen LogP contribution >= 0.6 is 0 Å². The third-order valence-corrected chi connectivity index (χ3v) is 4.85. The minimum Gasteiger partial charge on any atom is -0.481 e. The summed E-state index contributed by atoms with van der Waals surface area (Å²) >= 11 is 0. The predicted octanol–water partition coefficient (Wildman–Crippen LogP) is 0.216. The van der Waals surface area contributed by atoms with Crippen molar-refractivity contribution in [3.05, 3.63) is 0 Å². The normalized spacial score (nSPS) is 26.6. The maximum absolute atomic E-state index is 11.4. The second-order valence-corrected chi connectivity index (χ2v) is 6.82. The zero-order valence-corrected chi connectivity index (χ0v) is 10.5. The number of carboxylic acid groups (broad SMARTS) is 1. The summed E-state index contributed by atoms with van der Waals surface area (Å²) in [6.45, 7) is 2.03. The van der Waals surface area contributed by atoms with Crippen LogP contribution in [0.5, 0.6) is 0 Å². The molecule has 0 aromatic carbocycles. The van der Waals surface area contributed by atoms with E-state index in [2.05, 4.69) is 0 Å². The second kappa shape index (κ2) is 5.14. The van der Waals surface area contributed by atoms with Gasteiger partial charge in [0.1, 0.15) is 0 Å². The molecule has 16 heavy (non-hydrogen) atoms. The van der Waals surface area contributed by atoms with Gasteiger partial charge in [0, 0.05) is 12.6 Å². The first-order valence-electron chi connectivity index (χ1n) is 5.45. The average molecular weight is 249 g/mol. The first-order chi connectivity index (χ1) is 7.32. The predicted molar refractivity (Wildman–Crippen MR) is 61.1 cm³/mol. The van der Waals surface area contributed by atoms with Gasteiger partial charge in [-0.2, -0.15) is 0 Å². The number of carbonyl (C=O) groups is 1. The molecule has 2 atom stereocenters. The molecule has 0 aromatic rings. The molecule has 94 valence electrons. The lowest BCUT2D eigenvalue weighted by Gasteiger charge is -2.31. The number of hydrogen-bond acceptors (Lipinski definition) is 4. The van der Waals surface area contributed by atoms with E-state index in [9.17, 15) is 13.2 Å². The lowest BCUT2D eigenvalue weighted by Crippen LogP contribution is -2.44. The Morgan fingerprint density at radius 1 is 1.56 bits per heavy atom. The van der Waals surface area contributed by atoms with E-state index in [-0.39, 0.29) is 17.5 Å². The van der Waals surface area contributed by atoms with Crippen molar-refractivity contribution in [1.29, 1.82) is 0 Å². The lowest BCUT2D eigenvalue weighted by molar-refractivity contribution is -0.141. The van der Waals surface area contributed by atoms with E-state index in [0.717, 1.165) is 6.42 Å². The van der Waals surface area contributed by atoms with Crippen molar-refractivity contribution in [2.75, 3.05) is 25.1 Å². The molecule has 0 spiro atoms. The molecular formula is C10H19NO4S. The molecule has 0 bridgehead atoms. The smallest absolute Gasteiger partial charge is 0.307 e. The van der Waals surface area contributed by atoms with Crippen molar-refractivity contribution in [2.24, 2.45) is 5.92 Å². The highest BCUT2D eigenvalue weighted by atomic mass is 32.2. The van der Waals surface area contributed by atoms with E-state index in [0.29, 0.717) is 13.0 Å². The van der Waals surface area contributed by atoms with Crippen LogP contribution in [0.2, 0.25) is 0 Å². The van der Waals surface area contributed by atoms with Crippen LogP contribution in [0.15, 0.2) is 0 Å².